The maximum atomic E-state index is 12.1. The Morgan fingerprint density at radius 1 is 1.53 bits per heavy atom. The van der Waals surface area contributed by atoms with Gasteiger partial charge in [-0.05, 0) is 6.08 Å². The zero-order chi connectivity index (χ0) is 11.6. The largest absolute Gasteiger partial charge is 0.464 e. The van der Waals surface area contributed by atoms with E-state index in [-0.39, 0.29) is 0 Å². The Bertz CT molecular complexity index is 357. The number of dihydropyridines is 1. The standard InChI is InChI=1S/C8H6F3NO3/c1-15-7(14)5-3-2-4(6(13)12-5)8(9,10)11/h2-4H,1H3. The fraction of sp³-hybridized carbons (Fsp3) is 0.375. The van der Waals surface area contributed by atoms with Crippen LogP contribution in [0.5, 0.6) is 0 Å². The number of esters is 1. The van der Waals surface area contributed by atoms with Crippen LogP contribution in [0.4, 0.5) is 13.2 Å². The number of alkyl halides is 3. The first kappa shape index (κ1) is 11.4. The van der Waals surface area contributed by atoms with Gasteiger partial charge in [-0.3, -0.25) is 4.79 Å². The minimum atomic E-state index is -4.68. The number of hydrogen-bond donors (Lipinski definition) is 0. The van der Waals surface area contributed by atoms with Crippen LogP contribution in [0.2, 0.25) is 0 Å². The number of aliphatic imine (C=N–C) groups is 1. The first-order chi connectivity index (χ1) is 6.86. The van der Waals surface area contributed by atoms with E-state index in [9.17, 15) is 22.8 Å². The van der Waals surface area contributed by atoms with E-state index in [2.05, 4.69) is 9.73 Å². The summed E-state index contributed by atoms with van der Waals surface area (Å²) in [6, 6.07) is 0. The summed E-state index contributed by atoms with van der Waals surface area (Å²) in [6.07, 6.45) is -3.27. The van der Waals surface area contributed by atoms with Crippen LogP contribution < -0.4 is 0 Å². The van der Waals surface area contributed by atoms with Gasteiger partial charge < -0.3 is 4.74 Å². The summed E-state index contributed by atoms with van der Waals surface area (Å²) in [7, 11) is 1.04. The molecule has 4 nitrogen and oxygen atoms in total. The van der Waals surface area contributed by atoms with Crippen molar-refractivity contribution in [1.29, 1.82) is 0 Å². The first-order valence-corrected chi connectivity index (χ1v) is 3.82. The Labute approximate surface area is 82.4 Å². The fourth-order valence-electron chi connectivity index (χ4n) is 0.963. The number of carbonyl (C=O) groups is 2. The van der Waals surface area contributed by atoms with Gasteiger partial charge in [0.25, 0.3) is 5.91 Å². The maximum absolute atomic E-state index is 12.1. The summed E-state index contributed by atoms with van der Waals surface area (Å²) in [6.45, 7) is 0. The van der Waals surface area contributed by atoms with Crippen LogP contribution in [0.1, 0.15) is 0 Å². The first-order valence-electron chi connectivity index (χ1n) is 3.82. The number of carbonyl (C=O) groups excluding carboxylic acids is 2. The Balaban J connectivity index is 2.89. The van der Waals surface area contributed by atoms with Gasteiger partial charge in [0.15, 0.2) is 11.6 Å². The number of rotatable bonds is 1. The molecule has 0 aromatic heterocycles. The lowest BCUT2D eigenvalue weighted by Gasteiger charge is -2.16. The van der Waals surface area contributed by atoms with Crippen LogP contribution in [0.25, 0.3) is 0 Å². The molecule has 82 valence electrons. The van der Waals surface area contributed by atoms with Gasteiger partial charge in [-0.2, -0.15) is 13.2 Å². The van der Waals surface area contributed by atoms with E-state index in [1.165, 1.54) is 0 Å². The molecule has 1 aliphatic rings. The molecule has 1 heterocycles. The van der Waals surface area contributed by atoms with E-state index in [1.54, 1.807) is 0 Å². The Morgan fingerprint density at radius 3 is 2.53 bits per heavy atom. The van der Waals surface area contributed by atoms with Crippen LogP contribution in [-0.2, 0) is 14.3 Å². The maximum Gasteiger partial charge on any atom is 0.403 e. The summed E-state index contributed by atoms with van der Waals surface area (Å²) >= 11 is 0. The molecule has 1 atom stereocenters. The second kappa shape index (κ2) is 3.84. The molecule has 0 spiro atoms. The lowest BCUT2D eigenvalue weighted by atomic mass is 10.0. The summed E-state index contributed by atoms with van der Waals surface area (Å²) in [5.74, 6) is -4.63. The van der Waals surface area contributed by atoms with Gasteiger partial charge in [0.1, 0.15) is 0 Å². The number of amides is 1. The van der Waals surface area contributed by atoms with Crippen molar-refractivity contribution in [1.82, 2.24) is 0 Å². The van der Waals surface area contributed by atoms with Crippen LogP contribution in [0.15, 0.2) is 17.1 Å². The quantitative estimate of drug-likeness (QED) is 0.617. The normalized spacial score (nSPS) is 21.2. The topological polar surface area (TPSA) is 55.7 Å². The molecule has 0 aliphatic carbocycles. The molecular formula is C8H6F3NO3. The van der Waals surface area contributed by atoms with E-state index >= 15 is 0 Å². The second-order valence-corrected chi connectivity index (χ2v) is 2.71. The summed E-state index contributed by atoms with van der Waals surface area (Å²) in [4.78, 5) is 24.7. The molecule has 0 fully saturated rings. The number of ether oxygens (including phenoxy) is 1. The predicted molar refractivity (Wildman–Crippen MR) is 43.1 cm³/mol. The van der Waals surface area contributed by atoms with Crippen molar-refractivity contribution in [2.24, 2.45) is 10.9 Å². The van der Waals surface area contributed by atoms with Crippen LogP contribution in [-0.4, -0.2) is 30.9 Å². The molecule has 0 saturated carbocycles. The van der Waals surface area contributed by atoms with Gasteiger partial charge in [-0.15, -0.1) is 0 Å². The van der Waals surface area contributed by atoms with E-state index in [1.807, 2.05) is 0 Å². The van der Waals surface area contributed by atoms with E-state index in [4.69, 9.17) is 0 Å². The van der Waals surface area contributed by atoms with Gasteiger partial charge in [0, 0.05) is 0 Å². The molecule has 1 rings (SSSR count). The molecule has 1 aliphatic heterocycles. The Kier molecular flexibility index (Phi) is 2.92. The number of nitrogens with zero attached hydrogens (tertiary/aromatic N) is 1. The molecule has 0 bridgehead atoms. The molecule has 15 heavy (non-hydrogen) atoms. The highest BCUT2D eigenvalue weighted by atomic mass is 19.4. The monoisotopic (exact) mass is 221 g/mol. The number of methoxy groups -OCH3 is 1. The molecule has 0 saturated heterocycles. The highest BCUT2D eigenvalue weighted by Crippen LogP contribution is 2.29. The predicted octanol–water partition coefficient (Wildman–Crippen LogP) is 0.875. The van der Waals surface area contributed by atoms with Gasteiger partial charge in [-0.1, -0.05) is 6.08 Å². The average molecular weight is 221 g/mol. The molecule has 7 heteroatoms. The zero-order valence-electron chi connectivity index (χ0n) is 7.54. The summed E-state index contributed by atoms with van der Waals surface area (Å²) < 4.78 is 40.6. The van der Waals surface area contributed by atoms with Crippen LogP contribution in [0.3, 0.4) is 0 Å². The molecule has 0 aromatic carbocycles. The van der Waals surface area contributed by atoms with Crippen molar-refractivity contribution in [3.05, 3.63) is 12.2 Å². The van der Waals surface area contributed by atoms with Gasteiger partial charge >= 0.3 is 12.1 Å². The van der Waals surface area contributed by atoms with Gasteiger partial charge in [0.05, 0.1) is 7.11 Å². The van der Waals surface area contributed by atoms with Crippen molar-refractivity contribution in [2.45, 2.75) is 6.18 Å². The fourth-order valence-corrected chi connectivity index (χ4v) is 0.963. The van der Waals surface area contributed by atoms with Crippen molar-refractivity contribution < 1.29 is 27.5 Å². The molecule has 0 radical (unpaired) electrons. The van der Waals surface area contributed by atoms with E-state index in [0.29, 0.717) is 6.08 Å². The number of halogens is 3. The third-order valence-electron chi connectivity index (χ3n) is 1.69. The third kappa shape index (κ3) is 2.42. The smallest absolute Gasteiger partial charge is 0.403 e. The zero-order valence-corrected chi connectivity index (χ0v) is 7.54. The lowest BCUT2D eigenvalue weighted by molar-refractivity contribution is -0.170. The molecule has 1 amide bonds. The molecule has 0 N–H and O–H groups in total. The van der Waals surface area contributed by atoms with E-state index < -0.39 is 29.7 Å². The van der Waals surface area contributed by atoms with Crippen molar-refractivity contribution >= 4 is 17.6 Å². The van der Waals surface area contributed by atoms with Crippen molar-refractivity contribution in [3.63, 3.8) is 0 Å². The average Bonchev–Trinajstić information content (AvgIpc) is 2.14. The van der Waals surface area contributed by atoms with E-state index in [0.717, 1.165) is 13.2 Å². The number of hydrogen-bond acceptors (Lipinski definition) is 3. The summed E-state index contributed by atoms with van der Waals surface area (Å²) in [5.41, 5.74) is -0.428. The highest BCUT2D eigenvalue weighted by molar-refractivity contribution is 6.43. The molecule has 1 unspecified atom stereocenters. The van der Waals surface area contributed by atoms with Crippen molar-refractivity contribution in [3.8, 4) is 0 Å². The SMILES string of the molecule is COC(=O)C1=NC(=O)C(C(F)(F)F)C=C1. The lowest BCUT2D eigenvalue weighted by Crippen LogP contribution is -2.32. The minimum absolute atomic E-state index is 0.428. The minimum Gasteiger partial charge on any atom is -0.464 e. The van der Waals surface area contributed by atoms with Gasteiger partial charge in [-0.25, -0.2) is 9.79 Å². The summed E-state index contributed by atoms with van der Waals surface area (Å²) in [5, 5.41) is 0. The van der Waals surface area contributed by atoms with Crippen LogP contribution in [0, 0.1) is 5.92 Å². The Hall–Kier alpha value is -1.66. The van der Waals surface area contributed by atoms with Gasteiger partial charge in [0.2, 0.25) is 0 Å². The second-order valence-electron chi connectivity index (χ2n) is 2.71. The highest BCUT2D eigenvalue weighted by Gasteiger charge is 2.44. The van der Waals surface area contributed by atoms with Crippen LogP contribution >= 0.6 is 0 Å². The Morgan fingerprint density at radius 2 is 2.13 bits per heavy atom. The third-order valence-corrected chi connectivity index (χ3v) is 1.69. The van der Waals surface area contributed by atoms with Crippen molar-refractivity contribution in [2.75, 3.05) is 7.11 Å². The molecular weight excluding hydrogens is 215 g/mol. The molecule has 0 aromatic rings.